The van der Waals surface area contributed by atoms with E-state index in [-0.39, 0.29) is 18.8 Å². The zero-order valence-corrected chi connectivity index (χ0v) is 9.61. The molecule has 0 aliphatic carbocycles. The number of halogens is 5. The molecule has 96 valence electrons. The molecule has 6 heteroatoms. The highest BCUT2D eigenvalue weighted by atomic mass is 35.5. The minimum atomic E-state index is -4.60. The van der Waals surface area contributed by atoms with Gasteiger partial charge in [-0.1, -0.05) is 12.1 Å². The van der Waals surface area contributed by atoms with Gasteiger partial charge in [-0.25, -0.2) is 4.39 Å². The van der Waals surface area contributed by atoms with E-state index in [1.807, 2.05) is 0 Å². The van der Waals surface area contributed by atoms with Crippen molar-refractivity contribution in [2.24, 2.45) is 5.73 Å². The van der Waals surface area contributed by atoms with Crippen LogP contribution in [0.1, 0.15) is 23.6 Å². The molecule has 0 unspecified atom stereocenters. The molecule has 0 aromatic heterocycles. The number of nitrogens with two attached hydrogens (primary N) is 1. The number of rotatable bonds is 3. The monoisotopic (exact) mass is 269 g/mol. The normalized spacial score (nSPS) is 12.8. The molecule has 1 atom stereocenters. The fourth-order valence-electron chi connectivity index (χ4n) is 1.46. The van der Waals surface area contributed by atoms with Crippen molar-refractivity contribution in [3.05, 3.63) is 47.8 Å². The van der Waals surface area contributed by atoms with Crippen LogP contribution in [0.25, 0.3) is 0 Å². The Bertz CT molecular complexity index is 390. The summed E-state index contributed by atoms with van der Waals surface area (Å²) in [5.74, 6) is -0.941. The van der Waals surface area contributed by atoms with Crippen LogP contribution in [0, 0.1) is 5.82 Å². The summed E-state index contributed by atoms with van der Waals surface area (Å²) in [5, 5.41) is 0. The summed E-state index contributed by atoms with van der Waals surface area (Å²) in [6, 6.07) is 1.77. The SMILES string of the molecule is C=CC[C@@H](N)c1c(F)cccc1C(F)(F)F.Cl. The van der Waals surface area contributed by atoms with Crippen LogP contribution < -0.4 is 5.73 Å². The summed E-state index contributed by atoms with van der Waals surface area (Å²) in [6.07, 6.45) is -3.16. The van der Waals surface area contributed by atoms with Crippen molar-refractivity contribution < 1.29 is 17.6 Å². The molecule has 0 radical (unpaired) electrons. The van der Waals surface area contributed by atoms with E-state index in [0.29, 0.717) is 0 Å². The molecule has 0 bridgehead atoms. The van der Waals surface area contributed by atoms with Crippen LogP contribution in [-0.2, 0) is 6.18 Å². The van der Waals surface area contributed by atoms with Gasteiger partial charge in [0, 0.05) is 11.6 Å². The smallest absolute Gasteiger partial charge is 0.324 e. The van der Waals surface area contributed by atoms with Crippen LogP contribution in [-0.4, -0.2) is 0 Å². The Hall–Kier alpha value is -1.07. The Morgan fingerprint density at radius 3 is 2.41 bits per heavy atom. The second kappa shape index (κ2) is 6.02. The van der Waals surface area contributed by atoms with E-state index in [0.717, 1.165) is 18.2 Å². The van der Waals surface area contributed by atoms with Gasteiger partial charge >= 0.3 is 6.18 Å². The molecule has 0 aliphatic heterocycles. The first-order chi connectivity index (χ1) is 7.38. The first-order valence-corrected chi connectivity index (χ1v) is 4.60. The van der Waals surface area contributed by atoms with Gasteiger partial charge in [-0.15, -0.1) is 19.0 Å². The lowest BCUT2D eigenvalue weighted by atomic mass is 9.97. The first-order valence-electron chi connectivity index (χ1n) is 4.60. The summed E-state index contributed by atoms with van der Waals surface area (Å²) in [6.45, 7) is 3.36. The number of hydrogen-bond donors (Lipinski definition) is 1. The lowest BCUT2D eigenvalue weighted by Gasteiger charge is -2.17. The van der Waals surface area contributed by atoms with Crippen molar-refractivity contribution >= 4 is 12.4 Å². The molecule has 1 nitrogen and oxygen atoms in total. The van der Waals surface area contributed by atoms with Gasteiger partial charge in [-0.05, 0) is 18.6 Å². The van der Waals surface area contributed by atoms with Crippen LogP contribution in [0.3, 0.4) is 0 Å². The van der Waals surface area contributed by atoms with Crippen LogP contribution >= 0.6 is 12.4 Å². The summed E-state index contributed by atoms with van der Waals surface area (Å²) < 4.78 is 51.1. The minimum absolute atomic E-state index is 0. The zero-order valence-electron chi connectivity index (χ0n) is 8.80. The lowest BCUT2D eigenvalue weighted by Crippen LogP contribution is -2.18. The highest BCUT2D eigenvalue weighted by Crippen LogP contribution is 2.36. The maximum absolute atomic E-state index is 13.3. The molecule has 0 fully saturated rings. The molecule has 1 rings (SSSR count). The molecular weight excluding hydrogens is 258 g/mol. The van der Waals surface area contributed by atoms with Crippen LogP contribution in [0.5, 0.6) is 0 Å². The van der Waals surface area contributed by atoms with Crippen molar-refractivity contribution in [1.82, 2.24) is 0 Å². The van der Waals surface area contributed by atoms with E-state index >= 15 is 0 Å². The number of hydrogen-bond acceptors (Lipinski definition) is 1. The minimum Gasteiger partial charge on any atom is -0.324 e. The standard InChI is InChI=1S/C11H11F4N.ClH/c1-2-4-9(16)10-7(11(13,14)15)5-3-6-8(10)12;/h2-3,5-6,9H,1,4,16H2;1H/t9-;/m1./s1. The van der Waals surface area contributed by atoms with Gasteiger partial charge in [0.15, 0.2) is 0 Å². The van der Waals surface area contributed by atoms with Gasteiger partial charge in [0.05, 0.1) is 5.56 Å². The molecule has 0 aliphatic rings. The maximum Gasteiger partial charge on any atom is 0.416 e. The van der Waals surface area contributed by atoms with E-state index < -0.39 is 29.2 Å². The highest BCUT2D eigenvalue weighted by molar-refractivity contribution is 5.85. The van der Waals surface area contributed by atoms with Gasteiger partial charge in [-0.3, -0.25) is 0 Å². The summed E-state index contributed by atoms with van der Waals surface area (Å²) in [4.78, 5) is 0. The summed E-state index contributed by atoms with van der Waals surface area (Å²) >= 11 is 0. The van der Waals surface area contributed by atoms with Gasteiger partial charge in [0.25, 0.3) is 0 Å². The largest absolute Gasteiger partial charge is 0.416 e. The molecular formula is C11H12ClF4N. The Morgan fingerprint density at radius 2 is 1.94 bits per heavy atom. The molecule has 2 N–H and O–H groups in total. The second-order valence-electron chi connectivity index (χ2n) is 3.33. The average Bonchev–Trinajstić information content (AvgIpc) is 2.16. The molecule has 0 saturated heterocycles. The molecule has 1 aromatic carbocycles. The van der Waals surface area contributed by atoms with Crippen molar-refractivity contribution in [2.75, 3.05) is 0 Å². The Morgan fingerprint density at radius 1 is 1.35 bits per heavy atom. The molecule has 1 aromatic rings. The van der Waals surface area contributed by atoms with Crippen molar-refractivity contribution in [3.63, 3.8) is 0 Å². The fraction of sp³-hybridized carbons (Fsp3) is 0.273. The summed E-state index contributed by atoms with van der Waals surface area (Å²) in [5.41, 5.74) is 3.96. The van der Waals surface area contributed by atoms with E-state index in [2.05, 4.69) is 6.58 Å². The molecule has 17 heavy (non-hydrogen) atoms. The van der Waals surface area contributed by atoms with Gasteiger partial charge in [-0.2, -0.15) is 13.2 Å². The Labute approximate surface area is 103 Å². The third-order valence-electron chi connectivity index (χ3n) is 2.15. The van der Waals surface area contributed by atoms with Crippen molar-refractivity contribution in [3.8, 4) is 0 Å². The van der Waals surface area contributed by atoms with Crippen LogP contribution in [0.15, 0.2) is 30.9 Å². The maximum atomic E-state index is 13.3. The number of benzene rings is 1. The third kappa shape index (κ3) is 3.71. The topological polar surface area (TPSA) is 26.0 Å². The van der Waals surface area contributed by atoms with Gasteiger partial charge in [0.1, 0.15) is 5.82 Å². The molecule has 0 heterocycles. The quantitative estimate of drug-likeness (QED) is 0.655. The second-order valence-corrected chi connectivity index (χ2v) is 3.33. The summed E-state index contributed by atoms with van der Waals surface area (Å²) in [7, 11) is 0. The van der Waals surface area contributed by atoms with E-state index in [9.17, 15) is 17.6 Å². The van der Waals surface area contributed by atoms with Crippen LogP contribution in [0.2, 0.25) is 0 Å². The van der Waals surface area contributed by atoms with E-state index in [1.54, 1.807) is 0 Å². The predicted octanol–water partition coefficient (Wildman–Crippen LogP) is 3.84. The molecule has 0 spiro atoms. The lowest BCUT2D eigenvalue weighted by molar-refractivity contribution is -0.138. The van der Waals surface area contributed by atoms with Gasteiger partial charge in [0.2, 0.25) is 0 Å². The Balaban J connectivity index is 0.00000256. The Kier molecular flexibility index (Phi) is 5.64. The zero-order chi connectivity index (χ0) is 12.3. The highest BCUT2D eigenvalue weighted by Gasteiger charge is 2.35. The molecule has 0 saturated carbocycles. The van der Waals surface area contributed by atoms with Crippen molar-refractivity contribution in [2.45, 2.75) is 18.6 Å². The number of alkyl halides is 3. The fourth-order valence-corrected chi connectivity index (χ4v) is 1.46. The van der Waals surface area contributed by atoms with Crippen molar-refractivity contribution in [1.29, 1.82) is 0 Å². The average molecular weight is 270 g/mol. The van der Waals surface area contributed by atoms with Crippen LogP contribution in [0.4, 0.5) is 17.6 Å². The predicted molar refractivity (Wildman–Crippen MR) is 60.4 cm³/mol. The first kappa shape index (κ1) is 15.9. The molecule has 0 amide bonds. The van der Waals surface area contributed by atoms with E-state index in [1.165, 1.54) is 6.08 Å². The third-order valence-corrected chi connectivity index (χ3v) is 2.15. The van der Waals surface area contributed by atoms with E-state index in [4.69, 9.17) is 5.73 Å². The van der Waals surface area contributed by atoms with Gasteiger partial charge < -0.3 is 5.73 Å².